The van der Waals surface area contributed by atoms with Crippen LogP contribution in [0.1, 0.15) is 27.2 Å². The molecule has 0 aromatic rings. The van der Waals surface area contributed by atoms with Gasteiger partial charge in [0.1, 0.15) is 0 Å². The second-order valence-corrected chi connectivity index (χ2v) is 47.9. The Bertz CT molecular complexity index is 606. The van der Waals surface area contributed by atoms with E-state index in [1.54, 1.807) is 6.08 Å². The molecule has 0 fully saturated rings. The number of rotatable bonds is 5. The van der Waals surface area contributed by atoms with Gasteiger partial charge in [0.15, 0.2) is 0 Å². The summed E-state index contributed by atoms with van der Waals surface area (Å²) in [6.45, 7) is 33.3. The van der Waals surface area contributed by atoms with Crippen molar-refractivity contribution in [3.8, 4) is 0 Å². The first-order chi connectivity index (χ1) is 11.9. The monoisotopic (exact) mass is 487 g/mol. The molecular weight excluding hydrogens is 441 g/mol. The van der Waals surface area contributed by atoms with Crippen LogP contribution in [0.4, 0.5) is 0 Å². The van der Waals surface area contributed by atoms with Crippen LogP contribution < -0.4 is 0 Å². The van der Waals surface area contributed by atoms with Gasteiger partial charge in [-0.15, -0.1) is 0 Å². The van der Waals surface area contributed by atoms with E-state index in [0.717, 1.165) is 6.42 Å². The van der Waals surface area contributed by atoms with Crippen LogP contribution in [0.3, 0.4) is 0 Å². The molecular formula is C22H46NPSi3Ti. The number of nitrogens with zero attached hydrogens (tertiary/aromatic N) is 1. The first-order valence-electron chi connectivity index (χ1n) is 10.2. The van der Waals surface area contributed by atoms with Gasteiger partial charge in [0.2, 0.25) is 0 Å². The van der Waals surface area contributed by atoms with Crippen LogP contribution >= 0.6 is 5.70 Å². The fourth-order valence-corrected chi connectivity index (χ4v) is 88.3. The topological polar surface area (TPSA) is 12.4 Å². The molecule has 0 amide bonds. The predicted molar refractivity (Wildman–Crippen MR) is 140 cm³/mol. The van der Waals surface area contributed by atoms with Gasteiger partial charge in [-0.1, -0.05) is 122 Å². The van der Waals surface area contributed by atoms with E-state index in [9.17, 15) is 0 Å². The van der Waals surface area contributed by atoms with Crippen LogP contribution in [0.25, 0.3) is 0 Å². The van der Waals surface area contributed by atoms with Crippen molar-refractivity contribution < 1.29 is 21.7 Å². The van der Waals surface area contributed by atoms with E-state index in [0.29, 0.717) is 5.41 Å². The van der Waals surface area contributed by atoms with Gasteiger partial charge in [0, 0.05) is 33.8 Å². The molecule has 0 spiro atoms. The summed E-state index contributed by atoms with van der Waals surface area (Å²) in [6, 6.07) is 0. The SMILES string of the molecule is C=CC=CC(C)(C)C.C[Si](C)(C)P(=NC1=CC=CC1)([Si](C)(C)C)[Si](C)(C)C.[Ti]. The Labute approximate surface area is 194 Å². The van der Waals surface area contributed by atoms with Crippen molar-refractivity contribution in [2.45, 2.75) is 86.1 Å². The van der Waals surface area contributed by atoms with Crippen molar-refractivity contribution >= 4 is 28.9 Å². The van der Waals surface area contributed by atoms with Crippen molar-refractivity contribution in [1.82, 2.24) is 0 Å². The molecule has 0 unspecified atom stereocenters. The van der Waals surface area contributed by atoms with Gasteiger partial charge >= 0.3 is 0 Å². The van der Waals surface area contributed by atoms with Gasteiger partial charge in [-0.2, -0.15) is 0 Å². The quantitative estimate of drug-likeness (QED) is 0.208. The summed E-state index contributed by atoms with van der Waals surface area (Å²) in [7, 11) is -3.83. The van der Waals surface area contributed by atoms with Crippen LogP contribution in [-0.2, 0) is 21.7 Å². The maximum atomic E-state index is 5.62. The summed E-state index contributed by atoms with van der Waals surface area (Å²) in [5.74, 6) is 0. The summed E-state index contributed by atoms with van der Waals surface area (Å²) >= 11 is 0. The Kier molecular flexibility index (Phi) is 12.4. The van der Waals surface area contributed by atoms with Gasteiger partial charge in [0.05, 0.1) is 23.2 Å². The summed E-state index contributed by atoms with van der Waals surface area (Å²) in [4.78, 5) is 0. The molecule has 6 heteroatoms. The average molecular weight is 488 g/mol. The zero-order valence-corrected chi connectivity index (χ0v) is 26.2. The summed E-state index contributed by atoms with van der Waals surface area (Å²) in [5, 5.41) is 0. The summed E-state index contributed by atoms with van der Waals surface area (Å²) in [6.07, 6.45) is 13.7. The minimum atomic E-state index is -1.28. The van der Waals surface area contributed by atoms with E-state index < -0.39 is 28.9 Å². The molecule has 0 aromatic carbocycles. The molecule has 0 radical (unpaired) electrons. The van der Waals surface area contributed by atoms with Gasteiger partial charge < -0.3 is 0 Å². The second-order valence-electron chi connectivity index (χ2n) is 11.5. The van der Waals surface area contributed by atoms with E-state index in [-0.39, 0.29) is 21.7 Å². The van der Waals surface area contributed by atoms with Gasteiger partial charge in [0.25, 0.3) is 0 Å². The largest absolute Gasteiger partial charge is 0.284 e. The Hall–Kier alpha value is 0.555. The summed E-state index contributed by atoms with van der Waals surface area (Å²) in [5.41, 5.74) is 0.512. The fourth-order valence-electron chi connectivity index (χ4n) is 4.53. The molecule has 0 N–H and O–H groups in total. The molecule has 0 aromatic heterocycles. The van der Waals surface area contributed by atoms with Crippen LogP contribution in [0.15, 0.2) is 53.5 Å². The molecule has 0 saturated heterocycles. The van der Waals surface area contributed by atoms with Gasteiger partial charge in [-0.05, 0) is 11.5 Å². The third-order valence-electron chi connectivity index (χ3n) is 4.67. The van der Waals surface area contributed by atoms with Crippen molar-refractivity contribution in [2.75, 3.05) is 0 Å². The second kappa shape index (κ2) is 11.3. The first-order valence-corrected chi connectivity index (χ1v) is 24.9. The van der Waals surface area contributed by atoms with E-state index in [1.165, 1.54) is 5.70 Å². The van der Waals surface area contributed by atoms with Crippen molar-refractivity contribution in [2.24, 2.45) is 10.2 Å². The fraction of sp³-hybridized carbons (Fsp3) is 0.636. The van der Waals surface area contributed by atoms with Gasteiger partial charge in [-0.25, -0.2) is 0 Å². The molecule has 1 rings (SSSR count). The van der Waals surface area contributed by atoms with Crippen molar-refractivity contribution in [3.63, 3.8) is 0 Å². The normalized spacial score (nSPS) is 15.5. The maximum absolute atomic E-state index is 5.62. The van der Waals surface area contributed by atoms with E-state index >= 15 is 0 Å². The molecule has 0 heterocycles. The van der Waals surface area contributed by atoms with Crippen molar-refractivity contribution in [3.05, 3.63) is 48.7 Å². The Balaban J connectivity index is 0. The predicted octanol–water partition coefficient (Wildman–Crippen LogP) is 9.31. The third-order valence-corrected chi connectivity index (χ3v) is 65.7. The molecule has 28 heavy (non-hydrogen) atoms. The molecule has 0 aliphatic heterocycles. The summed E-state index contributed by atoms with van der Waals surface area (Å²) < 4.78 is 5.62. The Morgan fingerprint density at radius 2 is 1.36 bits per heavy atom. The number of hydrogen-bond acceptors (Lipinski definition) is 1. The minimum absolute atomic E-state index is 0. The zero-order chi connectivity index (χ0) is 21.7. The first kappa shape index (κ1) is 30.7. The number of hydrogen-bond donors (Lipinski definition) is 0. The Morgan fingerprint density at radius 3 is 1.57 bits per heavy atom. The van der Waals surface area contributed by atoms with Crippen LogP contribution in [0.2, 0.25) is 58.9 Å². The van der Waals surface area contributed by atoms with Crippen LogP contribution in [0.5, 0.6) is 0 Å². The third kappa shape index (κ3) is 8.74. The maximum Gasteiger partial charge on any atom is 0.0843 e. The molecule has 1 aliphatic carbocycles. The minimum Gasteiger partial charge on any atom is -0.284 e. The smallest absolute Gasteiger partial charge is 0.0843 e. The molecule has 0 saturated carbocycles. The molecule has 1 nitrogen and oxygen atoms in total. The molecule has 0 bridgehead atoms. The molecule has 1 aliphatic rings. The van der Waals surface area contributed by atoms with Crippen LogP contribution in [0, 0.1) is 5.41 Å². The van der Waals surface area contributed by atoms with E-state index in [4.69, 9.17) is 4.74 Å². The zero-order valence-electron chi connectivity index (χ0n) is 20.8. The molecule has 0 atom stereocenters. The van der Waals surface area contributed by atoms with Crippen LogP contribution in [-0.4, -0.2) is 23.2 Å². The molecule has 160 valence electrons. The van der Waals surface area contributed by atoms with Crippen molar-refractivity contribution in [1.29, 1.82) is 0 Å². The number of allylic oxidation sites excluding steroid dienone is 6. The average Bonchev–Trinajstić information content (AvgIpc) is 2.91. The van der Waals surface area contributed by atoms with E-state index in [1.807, 2.05) is 6.08 Å². The van der Waals surface area contributed by atoms with Gasteiger partial charge in [-0.3, -0.25) is 4.74 Å². The Morgan fingerprint density at radius 1 is 0.929 bits per heavy atom. The van der Waals surface area contributed by atoms with E-state index in [2.05, 4.69) is 111 Å². The standard InChI is InChI=1S/C14H32NPSi3.C8H14.Ti/c1-17(2,3)16(18(4,5)6,19(7,8)9)15-14-12-10-11-13-14;1-5-6-7-8(2,3)4;/h10-12H,13H2,1-9H3;5-7H,1H2,2-4H3;.